The molecule has 13 heavy (non-hydrogen) atoms. The van der Waals surface area contributed by atoms with Crippen molar-refractivity contribution in [1.29, 1.82) is 0 Å². The lowest BCUT2D eigenvalue weighted by Crippen LogP contribution is -2.18. The van der Waals surface area contributed by atoms with Gasteiger partial charge in [-0.25, -0.2) is 0 Å². The fourth-order valence-corrected chi connectivity index (χ4v) is 2.03. The zero-order chi connectivity index (χ0) is 10.0. The lowest BCUT2D eigenvalue weighted by atomic mass is 10.0. The Kier molecular flexibility index (Phi) is 3.74. The number of benzene rings is 1. The van der Waals surface area contributed by atoms with E-state index in [0.29, 0.717) is 0 Å². The van der Waals surface area contributed by atoms with Gasteiger partial charge in [0.25, 0.3) is 0 Å². The molecule has 0 aliphatic carbocycles. The van der Waals surface area contributed by atoms with Gasteiger partial charge in [0, 0.05) is 9.61 Å². The van der Waals surface area contributed by atoms with Crippen molar-refractivity contribution in [3.63, 3.8) is 0 Å². The number of aryl methyl sites for hydroxylation is 2. The molecule has 0 bridgehead atoms. The van der Waals surface area contributed by atoms with Crippen LogP contribution >= 0.6 is 22.6 Å². The van der Waals surface area contributed by atoms with Gasteiger partial charge in [0.15, 0.2) is 0 Å². The van der Waals surface area contributed by atoms with Crippen LogP contribution in [0, 0.1) is 17.4 Å². The number of nitrogens with two attached hydrogens (primary N) is 1. The molecule has 0 spiro atoms. The normalized spacial score (nSPS) is 13.0. The molecule has 0 fully saturated rings. The van der Waals surface area contributed by atoms with E-state index in [1.807, 2.05) is 6.92 Å². The molecule has 1 atom stereocenters. The average molecular weight is 289 g/mol. The molecule has 0 heterocycles. The first-order valence-electron chi connectivity index (χ1n) is 4.52. The maximum Gasteiger partial charge on any atom is 0.0162 e. The van der Waals surface area contributed by atoms with Gasteiger partial charge in [-0.2, -0.15) is 0 Å². The SMILES string of the molecule is Cc1cc(C[C@@H](C)N)c(C)cc1I. The summed E-state index contributed by atoms with van der Waals surface area (Å²) < 4.78 is 1.34. The van der Waals surface area contributed by atoms with Crippen LogP contribution in [0.1, 0.15) is 23.6 Å². The maximum atomic E-state index is 5.78. The molecular formula is C11H16IN. The minimum Gasteiger partial charge on any atom is -0.328 e. The van der Waals surface area contributed by atoms with Gasteiger partial charge in [0.1, 0.15) is 0 Å². The van der Waals surface area contributed by atoms with E-state index in [2.05, 4.69) is 48.6 Å². The third kappa shape index (κ3) is 2.95. The maximum absolute atomic E-state index is 5.78. The van der Waals surface area contributed by atoms with Crippen LogP contribution in [0.4, 0.5) is 0 Å². The largest absolute Gasteiger partial charge is 0.328 e. The highest BCUT2D eigenvalue weighted by Gasteiger charge is 2.04. The van der Waals surface area contributed by atoms with Crippen LogP contribution in [0.5, 0.6) is 0 Å². The molecule has 0 aliphatic rings. The van der Waals surface area contributed by atoms with Gasteiger partial charge in [-0.05, 0) is 72.5 Å². The van der Waals surface area contributed by atoms with Gasteiger partial charge in [0.2, 0.25) is 0 Å². The molecule has 1 rings (SSSR count). The van der Waals surface area contributed by atoms with Gasteiger partial charge >= 0.3 is 0 Å². The van der Waals surface area contributed by atoms with E-state index in [0.717, 1.165) is 6.42 Å². The lowest BCUT2D eigenvalue weighted by Gasteiger charge is -2.10. The molecule has 0 radical (unpaired) electrons. The molecule has 1 nitrogen and oxygen atoms in total. The van der Waals surface area contributed by atoms with Crippen LogP contribution in [0.25, 0.3) is 0 Å². The Morgan fingerprint density at radius 1 is 1.31 bits per heavy atom. The van der Waals surface area contributed by atoms with Crippen LogP contribution in [0.2, 0.25) is 0 Å². The van der Waals surface area contributed by atoms with E-state index in [4.69, 9.17) is 5.73 Å². The van der Waals surface area contributed by atoms with Crippen LogP contribution in [0.15, 0.2) is 12.1 Å². The summed E-state index contributed by atoms with van der Waals surface area (Å²) >= 11 is 2.37. The van der Waals surface area contributed by atoms with Crippen molar-refractivity contribution in [3.8, 4) is 0 Å². The molecule has 2 heteroatoms. The highest BCUT2D eigenvalue weighted by Crippen LogP contribution is 2.18. The molecule has 0 saturated carbocycles. The van der Waals surface area contributed by atoms with E-state index in [9.17, 15) is 0 Å². The van der Waals surface area contributed by atoms with Gasteiger partial charge in [-0.15, -0.1) is 0 Å². The van der Waals surface area contributed by atoms with E-state index in [-0.39, 0.29) is 6.04 Å². The molecule has 0 amide bonds. The van der Waals surface area contributed by atoms with Crippen molar-refractivity contribution in [2.45, 2.75) is 33.2 Å². The van der Waals surface area contributed by atoms with E-state index in [1.54, 1.807) is 0 Å². The van der Waals surface area contributed by atoms with E-state index >= 15 is 0 Å². The molecule has 2 N–H and O–H groups in total. The molecule has 1 aromatic carbocycles. The summed E-state index contributed by atoms with van der Waals surface area (Å²) in [4.78, 5) is 0. The molecule has 1 aromatic rings. The molecular weight excluding hydrogens is 273 g/mol. The summed E-state index contributed by atoms with van der Waals surface area (Å²) in [5, 5.41) is 0. The lowest BCUT2D eigenvalue weighted by molar-refractivity contribution is 0.734. The van der Waals surface area contributed by atoms with Crippen molar-refractivity contribution in [2.75, 3.05) is 0 Å². The zero-order valence-electron chi connectivity index (χ0n) is 8.39. The van der Waals surface area contributed by atoms with Gasteiger partial charge in [-0.1, -0.05) is 6.07 Å². The van der Waals surface area contributed by atoms with Gasteiger partial charge < -0.3 is 5.73 Å². The van der Waals surface area contributed by atoms with Crippen LogP contribution in [-0.2, 0) is 6.42 Å². The Labute approximate surface area is 93.9 Å². The third-order valence-corrected chi connectivity index (χ3v) is 3.32. The zero-order valence-corrected chi connectivity index (χ0v) is 10.6. The van der Waals surface area contributed by atoms with Crippen molar-refractivity contribution in [3.05, 3.63) is 32.4 Å². The summed E-state index contributed by atoms with van der Waals surface area (Å²) in [6, 6.07) is 4.73. The number of halogens is 1. The second-order valence-electron chi connectivity index (χ2n) is 3.71. The Hall–Kier alpha value is -0.0900. The minimum absolute atomic E-state index is 0.248. The van der Waals surface area contributed by atoms with Gasteiger partial charge in [-0.3, -0.25) is 0 Å². The number of rotatable bonds is 2. The predicted molar refractivity (Wildman–Crippen MR) is 66.0 cm³/mol. The second-order valence-corrected chi connectivity index (χ2v) is 4.87. The summed E-state index contributed by atoms with van der Waals surface area (Å²) in [5.74, 6) is 0. The quantitative estimate of drug-likeness (QED) is 0.832. The Balaban J connectivity index is 3.01. The first kappa shape index (κ1) is 11.0. The fraction of sp³-hybridized carbons (Fsp3) is 0.455. The first-order chi connectivity index (χ1) is 6.00. The predicted octanol–water partition coefficient (Wildman–Crippen LogP) is 2.80. The summed E-state index contributed by atoms with van der Waals surface area (Å²) in [7, 11) is 0. The van der Waals surface area contributed by atoms with Crippen molar-refractivity contribution in [2.24, 2.45) is 5.73 Å². The second kappa shape index (κ2) is 4.42. The summed E-state index contributed by atoms with van der Waals surface area (Å²) in [5.41, 5.74) is 9.86. The van der Waals surface area contributed by atoms with Crippen LogP contribution in [-0.4, -0.2) is 6.04 Å². The molecule has 0 unspecified atom stereocenters. The summed E-state index contributed by atoms with van der Waals surface area (Å²) in [6.45, 7) is 6.35. The van der Waals surface area contributed by atoms with Gasteiger partial charge in [0.05, 0.1) is 0 Å². The Bertz CT molecular complexity index is 305. The first-order valence-corrected chi connectivity index (χ1v) is 5.59. The smallest absolute Gasteiger partial charge is 0.0162 e. The van der Waals surface area contributed by atoms with Crippen molar-refractivity contribution in [1.82, 2.24) is 0 Å². The van der Waals surface area contributed by atoms with E-state index in [1.165, 1.54) is 20.3 Å². The third-order valence-electron chi connectivity index (χ3n) is 2.16. The Morgan fingerprint density at radius 3 is 2.46 bits per heavy atom. The Morgan fingerprint density at radius 2 is 1.92 bits per heavy atom. The fourth-order valence-electron chi connectivity index (χ4n) is 1.41. The number of hydrogen-bond donors (Lipinski definition) is 1. The summed E-state index contributed by atoms with van der Waals surface area (Å²) in [6.07, 6.45) is 0.976. The highest BCUT2D eigenvalue weighted by molar-refractivity contribution is 14.1. The van der Waals surface area contributed by atoms with E-state index < -0.39 is 0 Å². The van der Waals surface area contributed by atoms with Crippen molar-refractivity contribution < 1.29 is 0 Å². The topological polar surface area (TPSA) is 26.0 Å². The molecule has 0 aliphatic heterocycles. The average Bonchev–Trinajstić information content (AvgIpc) is 1.99. The van der Waals surface area contributed by atoms with Crippen molar-refractivity contribution >= 4 is 22.6 Å². The standard InChI is InChI=1S/C11H16IN/c1-7-5-11(12)8(2)4-10(7)6-9(3)13/h4-5,9H,6,13H2,1-3H3/t9-/m1/s1. The van der Waals surface area contributed by atoms with Crippen LogP contribution < -0.4 is 5.73 Å². The molecule has 0 saturated heterocycles. The monoisotopic (exact) mass is 289 g/mol. The molecule has 0 aromatic heterocycles. The minimum atomic E-state index is 0.248. The van der Waals surface area contributed by atoms with Crippen LogP contribution in [0.3, 0.4) is 0 Å². The highest BCUT2D eigenvalue weighted by atomic mass is 127. The number of hydrogen-bond acceptors (Lipinski definition) is 1. The molecule has 72 valence electrons.